The summed E-state index contributed by atoms with van der Waals surface area (Å²) >= 11 is 0. The van der Waals surface area contributed by atoms with Crippen molar-refractivity contribution in [1.29, 1.82) is 0 Å². The van der Waals surface area contributed by atoms with Crippen molar-refractivity contribution < 1.29 is 14.6 Å². The molecule has 0 bridgehead atoms. The molecule has 2 heterocycles. The van der Waals surface area contributed by atoms with Gasteiger partial charge in [0.05, 0.1) is 24.9 Å². The van der Waals surface area contributed by atoms with Gasteiger partial charge in [0.1, 0.15) is 0 Å². The molecular weight excluding hydrogens is 256 g/mol. The summed E-state index contributed by atoms with van der Waals surface area (Å²) in [5.41, 5.74) is 0. The van der Waals surface area contributed by atoms with E-state index >= 15 is 0 Å². The first-order valence-corrected chi connectivity index (χ1v) is 7.79. The number of hydrogen-bond donors (Lipinski definition) is 1. The highest BCUT2D eigenvalue weighted by Gasteiger charge is 2.28. The van der Waals surface area contributed by atoms with Crippen molar-refractivity contribution in [2.75, 3.05) is 32.7 Å². The lowest BCUT2D eigenvalue weighted by atomic mass is 9.92. The van der Waals surface area contributed by atoms with E-state index in [1.54, 1.807) is 0 Å². The monoisotopic (exact) mass is 284 g/mol. The molecule has 1 N–H and O–H groups in total. The number of likely N-dealkylation sites (tertiary alicyclic amines) is 1. The number of piperidine rings is 1. The second-order valence-corrected chi connectivity index (χ2v) is 6.41. The van der Waals surface area contributed by atoms with Gasteiger partial charge < -0.3 is 14.7 Å². The Labute approximate surface area is 121 Å². The van der Waals surface area contributed by atoms with Crippen LogP contribution in [0, 0.1) is 5.92 Å². The number of rotatable bonds is 3. The Morgan fingerprint density at radius 3 is 2.30 bits per heavy atom. The van der Waals surface area contributed by atoms with Crippen molar-refractivity contribution in [3.8, 4) is 0 Å². The third-order valence-electron chi connectivity index (χ3n) is 4.45. The molecule has 2 fully saturated rings. The van der Waals surface area contributed by atoms with E-state index in [0.29, 0.717) is 25.6 Å². The zero-order valence-corrected chi connectivity index (χ0v) is 12.9. The van der Waals surface area contributed by atoms with Crippen molar-refractivity contribution in [3.63, 3.8) is 0 Å². The molecule has 20 heavy (non-hydrogen) atoms. The number of nitrogens with zero attached hydrogens (tertiary/aromatic N) is 2. The quantitative estimate of drug-likeness (QED) is 0.829. The van der Waals surface area contributed by atoms with Crippen LogP contribution in [0.3, 0.4) is 0 Å². The largest absolute Gasteiger partial charge is 0.393 e. The van der Waals surface area contributed by atoms with Gasteiger partial charge in [-0.15, -0.1) is 0 Å². The average molecular weight is 284 g/mol. The summed E-state index contributed by atoms with van der Waals surface area (Å²) in [6, 6.07) is 0. The summed E-state index contributed by atoms with van der Waals surface area (Å²) in [7, 11) is 0. The highest BCUT2D eigenvalue weighted by Crippen LogP contribution is 2.20. The first-order chi connectivity index (χ1) is 9.45. The van der Waals surface area contributed by atoms with E-state index in [0.717, 1.165) is 25.9 Å². The number of ether oxygens (including phenoxy) is 1. The van der Waals surface area contributed by atoms with Crippen LogP contribution in [-0.4, -0.2) is 71.8 Å². The fourth-order valence-electron chi connectivity index (χ4n) is 3.27. The molecule has 5 heteroatoms. The number of amides is 1. The van der Waals surface area contributed by atoms with Gasteiger partial charge in [-0.1, -0.05) is 0 Å². The lowest BCUT2D eigenvalue weighted by Crippen LogP contribution is -2.52. The first-order valence-electron chi connectivity index (χ1n) is 7.79. The molecule has 2 saturated heterocycles. The van der Waals surface area contributed by atoms with Crippen LogP contribution in [0.4, 0.5) is 0 Å². The summed E-state index contributed by atoms with van der Waals surface area (Å²) < 4.78 is 5.66. The molecule has 3 atom stereocenters. The smallest absolute Gasteiger partial charge is 0.236 e. The average Bonchev–Trinajstić information content (AvgIpc) is 2.38. The van der Waals surface area contributed by atoms with Crippen molar-refractivity contribution in [2.24, 2.45) is 5.92 Å². The number of carbonyl (C=O) groups is 1. The molecule has 0 spiro atoms. The van der Waals surface area contributed by atoms with Gasteiger partial charge in [0.15, 0.2) is 0 Å². The minimum absolute atomic E-state index is 0.128. The molecule has 1 amide bonds. The van der Waals surface area contributed by atoms with Gasteiger partial charge in [-0.2, -0.15) is 0 Å². The van der Waals surface area contributed by atoms with Crippen molar-refractivity contribution in [2.45, 2.75) is 51.9 Å². The zero-order valence-electron chi connectivity index (χ0n) is 12.9. The zero-order chi connectivity index (χ0) is 14.7. The maximum atomic E-state index is 12.4. The second kappa shape index (κ2) is 6.87. The molecule has 2 aliphatic rings. The Kier molecular flexibility index (Phi) is 5.41. The van der Waals surface area contributed by atoms with E-state index in [1.165, 1.54) is 0 Å². The highest BCUT2D eigenvalue weighted by molar-refractivity contribution is 5.78. The predicted molar refractivity (Wildman–Crippen MR) is 77.4 cm³/mol. The Morgan fingerprint density at radius 1 is 1.25 bits per heavy atom. The Hall–Kier alpha value is -0.650. The van der Waals surface area contributed by atoms with E-state index in [1.807, 2.05) is 25.7 Å². The van der Waals surface area contributed by atoms with Gasteiger partial charge >= 0.3 is 0 Å². The van der Waals surface area contributed by atoms with Gasteiger partial charge in [0.2, 0.25) is 5.91 Å². The molecule has 0 saturated carbocycles. The summed E-state index contributed by atoms with van der Waals surface area (Å²) in [6.45, 7) is 9.64. The molecule has 0 aliphatic carbocycles. The molecule has 3 unspecified atom stereocenters. The Bertz CT molecular complexity index is 317. The van der Waals surface area contributed by atoms with Crippen LogP contribution in [0.2, 0.25) is 0 Å². The van der Waals surface area contributed by atoms with Crippen molar-refractivity contribution in [1.82, 2.24) is 9.80 Å². The topological polar surface area (TPSA) is 53.0 Å². The summed E-state index contributed by atoms with van der Waals surface area (Å²) in [5.74, 6) is 0.604. The van der Waals surface area contributed by atoms with Crippen LogP contribution < -0.4 is 0 Å². The maximum Gasteiger partial charge on any atom is 0.236 e. The Balaban J connectivity index is 1.77. The Morgan fingerprint density at radius 2 is 1.80 bits per heavy atom. The molecular formula is C15H28N2O3. The number of aliphatic hydroxyl groups excluding tert-OH is 1. The third kappa shape index (κ3) is 4.17. The third-order valence-corrected chi connectivity index (χ3v) is 4.45. The van der Waals surface area contributed by atoms with Crippen LogP contribution in [-0.2, 0) is 9.53 Å². The van der Waals surface area contributed by atoms with Crippen molar-refractivity contribution in [3.05, 3.63) is 0 Å². The molecule has 2 aliphatic heterocycles. The first kappa shape index (κ1) is 15.7. The van der Waals surface area contributed by atoms with Gasteiger partial charge in [-0.25, -0.2) is 0 Å². The van der Waals surface area contributed by atoms with E-state index < -0.39 is 0 Å². The molecule has 5 nitrogen and oxygen atoms in total. The van der Waals surface area contributed by atoms with Gasteiger partial charge in [0.25, 0.3) is 0 Å². The molecule has 0 radical (unpaired) electrons. The van der Waals surface area contributed by atoms with Crippen LogP contribution in [0.1, 0.15) is 33.6 Å². The van der Waals surface area contributed by atoms with Gasteiger partial charge in [-0.3, -0.25) is 9.69 Å². The number of aliphatic hydroxyl groups is 1. The molecule has 0 aromatic heterocycles. The maximum absolute atomic E-state index is 12.4. The molecule has 0 aromatic carbocycles. The number of hydrogen-bond acceptors (Lipinski definition) is 4. The van der Waals surface area contributed by atoms with E-state index in [-0.39, 0.29) is 24.2 Å². The summed E-state index contributed by atoms with van der Waals surface area (Å²) in [6.07, 6.45) is 2.00. The number of morpholine rings is 1. The number of carbonyl (C=O) groups excluding carboxylic acids is 1. The van der Waals surface area contributed by atoms with Gasteiger partial charge in [-0.05, 0) is 52.6 Å². The SMILES string of the molecule is CC1CN(C(=O)CN2CCC(C(C)O)CC2)CC(C)O1. The fourth-order valence-corrected chi connectivity index (χ4v) is 3.27. The second-order valence-electron chi connectivity index (χ2n) is 6.41. The highest BCUT2D eigenvalue weighted by atomic mass is 16.5. The minimum Gasteiger partial charge on any atom is -0.393 e. The molecule has 116 valence electrons. The normalized spacial score (nSPS) is 31.3. The van der Waals surface area contributed by atoms with Crippen molar-refractivity contribution >= 4 is 5.91 Å². The lowest BCUT2D eigenvalue weighted by Gasteiger charge is -2.38. The molecule has 0 aromatic rings. The van der Waals surface area contributed by atoms with E-state index in [4.69, 9.17) is 4.74 Å². The van der Waals surface area contributed by atoms with Crippen LogP contribution in [0.25, 0.3) is 0 Å². The van der Waals surface area contributed by atoms with Crippen LogP contribution in [0.15, 0.2) is 0 Å². The summed E-state index contributed by atoms with van der Waals surface area (Å²) in [4.78, 5) is 16.5. The predicted octanol–water partition coefficient (Wildman–Crippen LogP) is 0.715. The van der Waals surface area contributed by atoms with E-state index in [9.17, 15) is 9.90 Å². The lowest BCUT2D eigenvalue weighted by molar-refractivity contribution is -0.144. The molecule has 2 rings (SSSR count). The summed E-state index contributed by atoms with van der Waals surface area (Å²) in [5, 5.41) is 9.60. The standard InChI is InChI=1S/C15H28N2O3/c1-11-8-17(9-12(2)20-11)15(19)10-16-6-4-14(5-7-16)13(3)18/h11-14,18H,4-10H2,1-3H3. The van der Waals surface area contributed by atoms with Crippen LogP contribution >= 0.6 is 0 Å². The van der Waals surface area contributed by atoms with E-state index in [2.05, 4.69) is 4.90 Å². The minimum atomic E-state index is -0.228. The fraction of sp³-hybridized carbons (Fsp3) is 0.933. The van der Waals surface area contributed by atoms with Gasteiger partial charge in [0, 0.05) is 13.1 Å². The van der Waals surface area contributed by atoms with Crippen LogP contribution in [0.5, 0.6) is 0 Å².